The highest BCUT2D eigenvalue weighted by Gasteiger charge is 2.35. The lowest BCUT2D eigenvalue weighted by molar-refractivity contribution is -0.122. The molecule has 2 amide bonds. The molecule has 1 aliphatic rings. The number of primary amides is 1. The fourth-order valence-corrected chi connectivity index (χ4v) is 2.37. The monoisotopic (exact) mass is 272 g/mol. The highest BCUT2D eigenvalue weighted by atomic mass is 16.2. The fraction of sp³-hybridized carbons (Fsp3) is 0.250. The number of rotatable bonds is 2. The normalized spacial score (nSPS) is 17.6. The number of carbonyl (C=O) groups is 2. The van der Waals surface area contributed by atoms with Crippen LogP contribution < -0.4 is 5.73 Å². The van der Waals surface area contributed by atoms with Gasteiger partial charge in [-0.3, -0.25) is 9.59 Å². The molecule has 0 fully saturated rings. The average Bonchev–Trinajstić information content (AvgIpc) is 2.99. The maximum Gasteiger partial charge on any atom is 0.296 e. The molecule has 102 valence electrons. The number of nitrogens with zero attached hydrogens (tertiary/aromatic N) is 4. The van der Waals surface area contributed by atoms with Gasteiger partial charge in [0, 0.05) is 13.0 Å². The van der Waals surface area contributed by atoms with E-state index >= 15 is 0 Å². The van der Waals surface area contributed by atoms with Crippen molar-refractivity contribution in [1.82, 2.24) is 25.5 Å². The van der Waals surface area contributed by atoms with Crippen molar-refractivity contribution >= 4 is 11.8 Å². The minimum atomic E-state index is -0.698. The van der Waals surface area contributed by atoms with Gasteiger partial charge in [-0.1, -0.05) is 24.3 Å². The number of hydrogen-bond donors (Lipinski definition) is 2. The van der Waals surface area contributed by atoms with Gasteiger partial charge in [0.05, 0.1) is 0 Å². The number of aromatic amines is 1. The highest BCUT2D eigenvalue weighted by Crippen LogP contribution is 2.24. The molecule has 1 aromatic heterocycles. The van der Waals surface area contributed by atoms with Crippen LogP contribution in [0.15, 0.2) is 24.3 Å². The molecule has 1 aliphatic heterocycles. The first-order chi connectivity index (χ1) is 9.66. The van der Waals surface area contributed by atoms with Crippen molar-refractivity contribution in [3.63, 3.8) is 0 Å². The van der Waals surface area contributed by atoms with Crippen molar-refractivity contribution in [3.8, 4) is 0 Å². The zero-order valence-electron chi connectivity index (χ0n) is 10.5. The number of nitrogens with one attached hydrogen (secondary N) is 1. The first-order valence-electron chi connectivity index (χ1n) is 6.07. The number of fused-ring (bicyclic) bond motifs is 1. The zero-order valence-corrected chi connectivity index (χ0v) is 10.5. The fourth-order valence-electron chi connectivity index (χ4n) is 2.37. The Morgan fingerprint density at radius 2 is 2.05 bits per heavy atom. The molecule has 0 saturated carbocycles. The summed E-state index contributed by atoms with van der Waals surface area (Å²) in [6.07, 6.45) is 0.398. The van der Waals surface area contributed by atoms with Crippen LogP contribution in [0.25, 0.3) is 0 Å². The van der Waals surface area contributed by atoms with Gasteiger partial charge in [0.1, 0.15) is 6.04 Å². The van der Waals surface area contributed by atoms with Crippen LogP contribution in [-0.2, 0) is 17.8 Å². The first-order valence-corrected chi connectivity index (χ1v) is 6.07. The Morgan fingerprint density at radius 3 is 2.70 bits per heavy atom. The van der Waals surface area contributed by atoms with Crippen molar-refractivity contribution < 1.29 is 9.59 Å². The number of hydrogen-bond acceptors (Lipinski definition) is 5. The lowest BCUT2D eigenvalue weighted by Crippen LogP contribution is -2.51. The molecule has 0 spiro atoms. The predicted octanol–water partition coefficient (Wildman–Crippen LogP) is -0.748. The SMILES string of the molecule is NC(=O)[C@@H]1Cc2ccccc2CN1C(=O)c1nn[nH]n1. The summed E-state index contributed by atoms with van der Waals surface area (Å²) in [7, 11) is 0. The summed E-state index contributed by atoms with van der Waals surface area (Å²) in [5.41, 5.74) is 7.42. The average molecular weight is 272 g/mol. The second-order valence-corrected chi connectivity index (χ2v) is 4.56. The Balaban J connectivity index is 1.96. The number of benzene rings is 1. The topological polar surface area (TPSA) is 118 Å². The molecule has 8 heteroatoms. The third-order valence-electron chi connectivity index (χ3n) is 3.37. The Hall–Kier alpha value is -2.77. The van der Waals surface area contributed by atoms with Crippen molar-refractivity contribution in [2.75, 3.05) is 0 Å². The number of H-pyrrole nitrogens is 1. The van der Waals surface area contributed by atoms with Crippen LogP contribution >= 0.6 is 0 Å². The number of aromatic nitrogens is 4. The van der Waals surface area contributed by atoms with Gasteiger partial charge in [-0.05, 0) is 16.3 Å². The summed E-state index contributed by atoms with van der Waals surface area (Å²) in [6.45, 7) is 0.303. The maximum absolute atomic E-state index is 12.3. The molecule has 0 radical (unpaired) electrons. The van der Waals surface area contributed by atoms with Crippen LogP contribution in [0.4, 0.5) is 0 Å². The molecule has 0 saturated heterocycles. The Morgan fingerprint density at radius 1 is 1.30 bits per heavy atom. The summed E-state index contributed by atoms with van der Waals surface area (Å²) >= 11 is 0. The van der Waals surface area contributed by atoms with E-state index in [9.17, 15) is 9.59 Å². The maximum atomic E-state index is 12.3. The largest absolute Gasteiger partial charge is 0.368 e. The van der Waals surface area contributed by atoms with Crippen LogP contribution in [-0.4, -0.2) is 43.4 Å². The molecule has 3 rings (SSSR count). The summed E-state index contributed by atoms with van der Waals surface area (Å²) in [5.74, 6) is -1.08. The van der Waals surface area contributed by atoms with Gasteiger partial charge in [0.2, 0.25) is 5.91 Å². The Kier molecular flexibility index (Phi) is 2.90. The van der Waals surface area contributed by atoms with Crippen LogP contribution in [0.1, 0.15) is 21.7 Å². The quantitative estimate of drug-likeness (QED) is 0.746. The predicted molar refractivity (Wildman–Crippen MR) is 67.2 cm³/mol. The second-order valence-electron chi connectivity index (χ2n) is 4.56. The molecule has 2 aromatic rings. The molecule has 0 bridgehead atoms. The Bertz CT molecular complexity index is 654. The summed E-state index contributed by atoms with van der Waals surface area (Å²) in [4.78, 5) is 25.3. The van der Waals surface area contributed by atoms with Gasteiger partial charge in [-0.25, -0.2) is 0 Å². The van der Waals surface area contributed by atoms with Crippen molar-refractivity contribution in [1.29, 1.82) is 0 Å². The molecule has 1 aromatic carbocycles. The molecule has 0 aliphatic carbocycles. The number of carbonyl (C=O) groups excluding carboxylic acids is 2. The van der Waals surface area contributed by atoms with Gasteiger partial charge in [-0.2, -0.15) is 5.21 Å². The zero-order chi connectivity index (χ0) is 14.1. The van der Waals surface area contributed by atoms with Crippen LogP contribution in [0.2, 0.25) is 0 Å². The molecular weight excluding hydrogens is 260 g/mol. The standard InChI is InChI=1S/C12H12N6O2/c13-10(19)9-5-7-3-1-2-4-8(7)6-18(9)12(20)11-14-16-17-15-11/h1-4,9H,5-6H2,(H2,13,19)(H,14,15,16,17)/t9-/m0/s1. The smallest absolute Gasteiger partial charge is 0.296 e. The minimum Gasteiger partial charge on any atom is -0.368 e. The van der Waals surface area contributed by atoms with Crippen molar-refractivity contribution in [2.24, 2.45) is 5.73 Å². The van der Waals surface area contributed by atoms with E-state index in [-0.39, 0.29) is 5.82 Å². The molecular formula is C12H12N6O2. The summed E-state index contributed by atoms with van der Waals surface area (Å²) in [5, 5.41) is 12.9. The van der Waals surface area contributed by atoms with Crippen LogP contribution in [0.3, 0.4) is 0 Å². The molecule has 3 N–H and O–H groups in total. The van der Waals surface area contributed by atoms with E-state index in [1.54, 1.807) is 0 Å². The van der Waals surface area contributed by atoms with E-state index in [1.165, 1.54) is 4.90 Å². The summed E-state index contributed by atoms with van der Waals surface area (Å²) in [6, 6.07) is 6.94. The number of amides is 2. The second kappa shape index (κ2) is 4.72. The molecule has 20 heavy (non-hydrogen) atoms. The summed E-state index contributed by atoms with van der Waals surface area (Å²) < 4.78 is 0. The van der Waals surface area contributed by atoms with E-state index in [0.29, 0.717) is 13.0 Å². The van der Waals surface area contributed by atoms with Gasteiger partial charge in [0.15, 0.2) is 0 Å². The van der Waals surface area contributed by atoms with E-state index in [1.807, 2.05) is 24.3 Å². The first kappa shape index (κ1) is 12.3. The molecule has 1 atom stereocenters. The lowest BCUT2D eigenvalue weighted by Gasteiger charge is -2.34. The highest BCUT2D eigenvalue weighted by molar-refractivity contribution is 5.94. The van der Waals surface area contributed by atoms with E-state index < -0.39 is 17.9 Å². The van der Waals surface area contributed by atoms with Crippen LogP contribution in [0.5, 0.6) is 0 Å². The van der Waals surface area contributed by atoms with Gasteiger partial charge in [0.25, 0.3) is 11.7 Å². The number of tetrazole rings is 1. The van der Waals surface area contributed by atoms with Crippen molar-refractivity contribution in [3.05, 3.63) is 41.2 Å². The number of nitrogens with two attached hydrogens (primary N) is 1. The van der Waals surface area contributed by atoms with E-state index in [4.69, 9.17) is 5.73 Å². The van der Waals surface area contributed by atoms with Gasteiger partial charge in [-0.15, -0.1) is 10.2 Å². The molecule has 0 unspecified atom stereocenters. The molecule has 2 heterocycles. The van der Waals surface area contributed by atoms with Crippen LogP contribution in [0, 0.1) is 0 Å². The van der Waals surface area contributed by atoms with Gasteiger partial charge >= 0.3 is 0 Å². The Labute approximate surface area is 114 Å². The lowest BCUT2D eigenvalue weighted by atomic mass is 9.93. The minimum absolute atomic E-state index is 0.0735. The molecule has 8 nitrogen and oxygen atoms in total. The van der Waals surface area contributed by atoms with Gasteiger partial charge < -0.3 is 10.6 Å². The van der Waals surface area contributed by atoms with E-state index in [0.717, 1.165) is 11.1 Å². The third-order valence-corrected chi connectivity index (χ3v) is 3.37. The van der Waals surface area contributed by atoms with Crippen molar-refractivity contribution in [2.45, 2.75) is 19.0 Å². The van der Waals surface area contributed by atoms with E-state index in [2.05, 4.69) is 20.6 Å². The third kappa shape index (κ3) is 2.00.